The molecule has 0 radical (unpaired) electrons. The average Bonchev–Trinajstić information content (AvgIpc) is 3.46. The lowest BCUT2D eigenvalue weighted by Crippen LogP contribution is -2.30. The fourth-order valence-electron chi connectivity index (χ4n) is 9.11. The number of hydrogen-bond acceptors (Lipinski definition) is 6. The van der Waals surface area contributed by atoms with E-state index in [-0.39, 0.29) is 31.1 Å². The zero-order valence-corrected chi connectivity index (χ0v) is 52.8. The monoisotopic (exact) mass is 1120 g/mol. The largest absolute Gasteiger partial charge is 0.462 e. The first-order valence-corrected chi connectivity index (χ1v) is 33.7. The van der Waals surface area contributed by atoms with Gasteiger partial charge in [0, 0.05) is 19.3 Å². The van der Waals surface area contributed by atoms with E-state index in [1.807, 2.05) is 0 Å². The van der Waals surface area contributed by atoms with E-state index in [9.17, 15) is 14.4 Å². The second-order valence-electron chi connectivity index (χ2n) is 22.0. The van der Waals surface area contributed by atoms with Crippen molar-refractivity contribution in [1.29, 1.82) is 0 Å². The molecule has 0 heterocycles. The maximum atomic E-state index is 12.9. The maximum absolute atomic E-state index is 12.9. The molecule has 0 bridgehead atoms. The molecule has 0 rings (SSSR count). The highest BCUT2D eigenvalue weighted by atomic mass is 16.6. The Kier molecular flexibility index (Phi) is 64.3. The van der Waals surface area contributed by atoms with E-state index < -0.39 is 6.10 Å². The zero-order valence-electron chi connectivity index (χ0n) is 52.8. The van der Waals surface area contributed by atoms with Crippen molar-refractivity contribution in [3.8, 4) is 0 Å². The molecule has 6 nitrogen and oxygen atoms in total. The summed E-state index contributed by atoms with van der Waals surface area (Å²) >= 11 is 0. The van der Waals surface area contributed by atoms with Crippen LogP contribution in [0, 0.1) is 0 Å². The van der Waals surface area contributed by atoms with E-state index in [4.69, 9.17) is 14.2 Å². The van der Waals surface area contributed by atoms with Crippen LogP contribution in [-0.4, -0.2) is 37.2 Å². The normalized spacial score (nSPS) is 13.0. The Bertz CT molecular complexity index is 1720. The Balaban J connectivity index is 4.19. The van der Waals surface area contributed by atoms with Gasteiger partial charge in [-0.2, -0.15) is 0 Å². The lowest BCUT2D eigenvalue weighted by atomic mass is 10.0. The quantitative estimate of drug-likeness (QED) is 0.0261. The molecule has 0 saturated heterocycles. The third-order valence-corrected chi connectivity index (χ3v) is 14.1. The Hall–Kier alpha value is -4.45. The van der Waals surface area contributed by atoms with Crippen LogP contribution in [0.5, 0.6) is 0 Å². The van der Waals surface area contributed by atoms with Gasteiger partial charge in [0.1, 0.15) is 13.2 Å². The van der Waals surface area contributed by atoms with Crippen molar-refractivity contribution in [3.63, 3.8) is 0 Å². The van der Waals surface area contributed by atoms with Gasteiger partial charge in [0.15, 0.2) is 6.10 Å². The third kappa shape index (κ3) is 66.2. The van der Waals surface area contributed by atoms with Crippen molar-refractivity contribution < 1.29 is 28.6 Å². The minimum Gasteiger partial charge on any atom is -0.462 e. The molecule has 1 atom stereocenters. The molecule has 0 aromatic heterocycles. The van der Waals surface area contributed by atoms with Gasteiger partial charge < -0.3 is 14.2 Å². The molecule has 6 heteroatoms. The van der Waals surface area contributed by atoms with Crippen LogP contribution in [0.1, 0.15) is 303 Å². The number of ether oxygens (including phenoxy) is 3. The SMILES string of the molecule is CC/C=C\C/C=C\C/C=C\C/C=C\C/C=C\C/C=C\C/C=C\C/C=C\CCCCCCCCC(=O)OCC(COC(=O)CCCCCCCCC)OC(=O)CCCCCCCCCCCC/C=C\C/C=C\C/C=C\CCCCCCC. The van der Waals surface area contributed by atoms with Crippen LogP contribution < -0.4 is 0 Å². The summed E-state index contributed by atoms with van der Waals surface area (Å²) < 4.78 is 16.8. The molecule has 460 valence electrons. The molecule has 0 aliphatic rings. The minimum atomic E-state index is -0.789. The summed E-state index contributed by atoms with van der Waals surface area (Å²) in [6.45, 7) is 6.47. The molecule has 0 saturated carbocycles. The predicted octanol–water partition coefficient (Wildman–Crippen LogP) is 23.3. The standard InChI is InChI=1S/C75H124O6/c1-4-7-10-13-16-18-20-22-24-26-28-30-32-34-35-36-37-38-39-41-42-44-46-48-50-52-54-56-59-62-65-68-74(77)80-71-72(70-79-73(76)67-64-61-58-15-12-9-6-3)81-75(78)69-66-63-60-57-55-53-51-49-47-45-43-40-33-31-29-27-25-23-21-19-17-14-11-8-5-2/h7,10,16,18,21-24,27-30,33-35,37-38,40-42,46,48,72H,4-6,8-9,11-15,17,19-20,25-26,31-32,36,39,43-45,47,49-71H2,1-3H3/b10-7-,18-16-,23-21-,24-22-,29-27-,30-28-,35-34-,38-37-,40-33-,42-41-,48-46-. The molecule has 0 amide bonds. The van der Waals surface area contributed by atoms with Crippen LogP contribution in [0.15, 0.2) is 134 Å². The van der Waals surface area contributed by atoms with Gasteiger partial charge in [-0.1, -0.05) is 296 Å². The number of allylic oxidation sites excluding steroid dienone is 22. The van der Waals surface area contributed by atoms with Crippen molar-refractivity contribution in [2.75, 3.05) is 13.2 Å². The van der Waals surface area contributed by atoms with Gasteiger partial charge in [0.05, 0.1) is 0 Å². The summed E-state index contributed by atoms with van der Waals surface area (Å²) in [6.07, 6.45) is 96.3. The molecule has 81 heavy (non-hydrogen) atoms. The van der Waals surface area contributed by atoms with Crippen LogP contribution in [0.3, 0.4) is 0 Å². The topological polar surface area (TPSA) is 78.9 Å². The highest BCUT2D eigenvalue weighted by Gasteiger charge is 2.19. The van der Waals surface area contributed by atoms with Gasteiger partial charge in [-0.3, -0.25) is 14.4 Å². The summed E-state index contributed by atoms with van der Waals surface area (Å²) in [5.74, 6) is -0.909. The fourth-order valence-corrected chi connectivity index (χ4v) is 9.11. The Morgan fingerprint density at radius 3 is 0.753 bits per heavy atom. The third-order valence-electron chi connectivity index (χ3n) is 14.1. The number of rotatable bonds is 60. The van der Waals surface area contributed by atoms with Gasteiger partial charge in [-0.15, -0.1) is 0 Å². The fraction of sp³-hybridized carbons (Fsp3) is 0.667. The molecular formula is C75H124O6. The van der Waals surface area contributed by atoms with Crippen molar-refractivity contribution >= 4 is 17.9 Å². The lowest BCUT2D eigenvalue weighted by molar-refractivity contribution is -0.167. The van der Waals surface area contributed by atoms with Crippen LogP contribution in [0.2, 0.25) is 0 Å². The highest BCUT2D eigenvalue weighted by molar-refractivity contribution is 5.71. The zero-order chi connectivity index (χ0) is 58.5. The number of carbonyl (C=O) groups is 3. The van der Waals surface area contributed by atoms with E-state index in [1.54, 1.807) is 0 Å². The summed E-state index contributed by atoms with van der Waals surface area (Å²) in [6, 6.07) is 0. The van der Waals surface area contributed by atoms with Crippen molar-refractivity contribution in [2.24, 2.45) is 0 Å². The van der Waals surface area contributed by atoms with E-state index in [1.165, 1.54) is 128 Å². The number of hydrogen-bond donors (Lipinski definition) is 0. The Labute approximate surface area is 500 Å². The molecule has 0 aromatic rings. The summed E-state index contributed by atoms with van der Waals surface area (Å²) in [4.78, 5) is 38.1. The van der Waals surface area contributed by atoms with E-state index in [2.05, 4.69) is 154 Å². The molecule has 0 aliphatic heterocycles. The molecule has 1 unspecified atom stereocenters. The van der Waals surface area contributed by atoms with Crippen LogP contribution in [0.4, 0.5) is 0 Å². The molecule has 0 aliphatic carbocycles. The molecule has 0 spiro atoms. The first-order chi connectivity index (χ1) is 40.0. The van der Waals surface area contributed by atoms with Crippen molar-refractivity contribution in [2.45, 2.75) is 309 Å². The number of carbonyl (C=O) groups excluding carboxylic acids is 3. The Morgan fingerprint density at radius 2 is 0.481 bits per heavy atom. The van der Waals surface area contributed by atoms with E-state index in [0.717, 1.165) is 135 Å². The lowest BCUT2D eigenvalue weighted by Gasteiger charge is -2.18. The summed E-state index contributed by atoms with van der Waals surface area (Å²) in [5, 5.41) is 0. The molecule has 0 fully saturated rings. The summed E-state index contributed by atoms with van der Waals surface area (Å²) in [5.41, 5.74) is 0. The highest BCUT2D eigenvalue weighted by Crippen LogP contribution is 2.15. The first-order valence-electron chi connectivity index (χ1n) is 33.7. The van der Waals surface area contributed by atoms with Gasteiger partial charge in [0.25, 0.3) is 0 Å². The molecule has 0 N–H and O–H groups in total. The number of unbranched alkanes of at least 4 members (excludes halogenated alkanes) is 27. The van der Waals surface area contributed by atoms with Gasteiger partial charge in [0.2, 0.25) is 0 Å². The second-order valence-corrected chi connectivity index (χ2v) is 22.0. The van der Waals surface area contributed by atoms with Crippen molar-refractivity contribution in [3.05, 3.63) is 134 Å². The van der Waals surface area contributed by atoms with Crippen LogP contribution in [-0.2, 0) is 28.6 Å². The Morgan fingerprint density at radius 1 is 0.259 bits per heavy atom. The molecule has 0 aromatic carbocycles. The first kappa shape index (κ1) is 76.5. The van der Waals surface area contributed by atoms with E-state index in [0.29, 0.717) is 19.3 Å². The maximum Gasteiger partial charge on any atom is 0.306 e. The van der Waals surface area contributed by atoms with Gasteiger partial charge in [-0.25, -0.2) is 0 Å². The van der Waals surface area contributed by atoms with Crippen LogP contribution in [0.25, 0.3) is 0 Å². The predicted molar refractivity (Wildman–Crippen MR) is 353 cm³/mol. The van der Waals surface area contributed by atoms with Gasteiger partial charge >= 0.3 is 17.9 Å². The minimum absolute atomic E-state index is 0.0861. The van der Waals surface area contributed by atoms with E-state index >= 15 is 0 Å². The van der Waals surface area contributed by atoms with Crippen LogP contribution >= 0.6 is 0 Å². The van der Waals surface area contributed by atoms with Crippen molar-refractivity contribution in [1.82, 2.24) is 0 Å². The number of esters is 3. The molecular weight excluding hydrogens is 997 g/mol. The second kappa shape index (κ2) is 68.1. The smallest absolute Gasteiger partial charge is 0.306 e. The average molecular weight is 1120 g/mol. The summed E-state index contributed by atoms with van der Waals surface area (Å²) in [7, 11) is 0. The van der Waals surface area contributed by atoms with Gasteiger partial charge in [-0.05, 0) is 122 Å².